The van der Waals surface area contributed by atoms with Crippen LogP contribution in [0.2, 0.25) is 0 Å². The van der Waals surface area contributed by atoms with Gasteiger partial charge < -0.3 is 9.73 Å². The molecule has 1 amide bonds. The van der Waals surface area contributed by atoms with E-state index in [1.807, 2.05) is 0 Å². The van der Waals surface area contributed by atoms with Crippen LogP contribution in [0.1, 0.15) is 39.3 Å². The summed E-state index contributed by atoms with van der Waals surface area (Å²) < 4.78 is 5.06. The third kappa shape index (κ3) is 2.63. The van der Waals surface area contributed by atoms with Crippen molar-refractivity contribution in [3.63, 3.8) is 0 Å². The van der Waals surface area contributed by atoms with Crippen LogP contribution in [0.25, 0.3) is 0 Å². The molecule has 5 heteroatoms. The number of aryl methyl sites for hydroxylation is 1. The second-order valence-corrected chi connectivity index (χ2v) is 4.90. The van der Waals surface area contributed by atoms with Crippen molar-refractivity contribution in [3.05, 3.63) is 63.7 Å². The molecule has 1 aromatic carbocycles. The maximum absolute atomic E-state index is 12.0. The van der Waals surface area contributed by atoms with Crippen LogP contribution in [-0.4, -0.2) is 11.7 Å². The van der Waals surface area contributed by atoms with Crippen LogP contribution in [0.3, 0.4) is 0 Å². The van der Waals surface area contributed by atoms with Crippen LogP contribution in [0.5, 0.6) is 0 Å². The van der Waals surface area contributed by atoms with Gasteiger partial charge in [0.2, 0.25) is 0 Å². The standard InChI is InChI=1S/C16H13NO4/c18-13-8-4-7-11-9-12(16(20)21-14(11)13)17-15(19)10-5-2-1-3-6-10/h1-3,5-6,9H,4,7-8H2,(H,17,19). The third-order valence-electron chi connectivity index (χ3n) is 3.41. The summed E-state index contributed by atoms with van der Waals surface area (Å²) in [7, 11) is 0. The number of ketones is 1. The fraction of sp³-hybridized carbons (Fsp3) is 0.188. The molecule has 0 aliphatic heterocycles. The molecule has 106 valence electrons. The molecule has 1 aliphatic carbocycles. The highest BCUT2D eigenvalue weighted by Gasteiger charge is 2.22. The van der Waals surface area contributed by atoms with Crippen LogP contribution in [0.15, 0.2) is 45.6 Å². The molecule has 5 nitrogen and oxygen atoms in total. The zero-order valence-corrected chi connectivity index (χ0v) is 11.2. The number of nitrogens with one attached hydrogen (secondary N) is 1. The minimum atomic E-state index is -0.701. The summed E-state index contributed by atoms with van der Waals surface area (Å²) in [5.74, 6) is -0.414. The lowest BCUT2D eigenvalue weighted by atomic mass is 9.96. The van der Waals surface area contributed by atoms with E-state index in [9.17, 15) is 14.4 Å². The van der Waals surface area contributed by atoms with E-state index in [-0.39, 0.29) is 23.1 Å². The van der Waals surface area contributed by atoms with Gasteiger partial charge in [-0.05, 0) is 31.0 Å². The predicted molar refractivity (Wildman–Crippen MR) is 76.6 cm³/mol. The highest BCUT2D eigenvalue weighted by Crippen LogP contribution is 2.22. The van der Waals surface area contributed by atoms with Gasteiger partial charge in [0.25, 0.3) is 5.91 Å². The van der Waals surface area contributed by atoms with Gasteiger partial charge in [0.1, 0.15) is 5.69 Å². The Bertz CT molecular complexity index is 762. The second-order valence-electron chi connectivity index (χ2n) is 4.90. The van der Waals surface area contributed by atoms with Crippen LogP contribution >= 0.6 is 0 Å². The van der Waals surface area contributed by atoms with Gasteiger partial charge in [-0.25, -0.2) is 4.79 Å². The lowest BCUT2D eigenvalue weighted by Gasteiger charge is -2.13. The summed E-state index contributed by atoms with van der Waals surface area (Å²) in [5.41, 5.74) is 0.491. The number of rotatable bonds is 2. The highest BCUT2D eigenvalue weighted by atomic mass is 16.4. The first-order chi connectivity index (χ1) is 10.1. The topological polar surface area (TPSA) is 76.4 Å². The van der Waals surface area contributed by atoms with Crippen molar-refractivity contribution >= 4 is 17.4 Å². The summed E-state index contributed by atoms with van der Waals surface area (Å²) in [6, 6.07) is 10.1. The molecule has 0 radical (unpaired) electrons. The van der Waals surface area contributed by atoms with Crippen molar-refractivity contribution in [3.8, 4) is 0 Å². The maximum Gasteiger partial charge on any atom is 0.360 e. The Morgan fingerprint density at radius 3 is 2.62 bits per heavy atom. The third-order valence-corrected chi connectivity index (χ3v) is 3.41. The Balaban J connectivity index is 1.92. The largest absolute Gasteiger partial charge is 0.418 e. The second kappa shape index (κ2) is 5.36. The summed E-state index contributed by atoms with van der Waals surface area (Å²) >= 11 is 0. The minimum Gasteiger partial charge on any atom is -0.418 e. The molecular formula is C16H13NO4. The Labute approximate surface area is 120 Å². The molecule has 0 bridgehead atoms. The lowest BCUT2D eigenvalue weighted by Crippen LogP contribution is -2.21. The van der Waals surface area contributed by atoms with Gasteiger partial charge >= 0.3 is 5.63 Å². The molecule has 0 atom stereocenters. The van der Waals surface area contributed by atoms with Crippen molar-refractivity contribution in [2.24, 2.45) is 0 Å². The lowest BCUT2D eigenvalue weighted by molar-refractivity contribution is 0.0938. The van der Waals surface area contributed by atoms with Gasteiger partial charge in [-0.2, -0.15) is 0 Å². The van der Waals surface area contributed by atoms with Gasteiger partial charge in [-0.15, -0.1) is 0 Å². The van der Waals surface area contributed by atoms with E-state index in [4.69, 9.17) is 4.42 Å². The van der Waals surface area contributed by atoms with Gasteiger partial charge in [-0.3, -0.25) is 9.59 Å². The van der Waals surface area contributed by atoms with E-state index < -0.39 is 5.63 Å². The molecule has 0 unspecified atom stereocenters. The molecule has 0 saturated heterocycles. The number of Topliss-reactive ketones (excluding diaryl/α,β-unsaturated/α-hetero) is 1. The molecule has 1 aromatic heterocycles. The highest BCUT2D eigenvalue weighted by molar-refractivity contribution is 6.04. The summed E-state index contributed by atoms with van der Waals surface area (Å²) in [5, 5.41) is 2.53. The average molecular weight is 283 g/mol. The monoisotopic (exact) mass is 283 g/mol. The molecule has 21 heavy (non-hydrogen) atoms. The number of amides is 1. The minimum absolute atomic E-state index is 0.0669. The van der Waals surface area contributed by atoms with Crippen LogP contribution in [0.4, 0.5) is 5.69 Å². The molecule has 0 saturated carbocycles. The van der Waals surface area contributed by atoms with E-state index in [1.165, 1.54) is 0 Å². The number of fused-ring (bicyclic) bond motifs is 1. The first-order valence-corrected chi connectivity index (χ1v) is 6.72. The molecular weight excluding hydrogens is 270 g/mol. The first kappa shape index (κ1) is 13.3. The van der Waals surface area contributed by atoms with Gasteiger partial charge in [0.05, 0.1) is 0 Å². The smallest absolute Gasteiger partial charge is 0.360 e. The molecule has 3 rings (SSSR count). The number of hydrogen-bond acceptors (Lipinski definition) is 4. The van der Waals surface area contributed by atoms with Crippen molar-refractivity contribution in [2.45, 2.75) is 19.3 Å². The van der Waals surface area contributed by atoms with Gasteiger partial charge in [-0.1, -0.05) is 18.2 Å². The zero-order chi connectivity index (χ0) is 14.8. The first-order valence-electron chi connectivity index (χ1n) is 6.72. The normalized spacial score (nSPS) is 13.6. The number of anilines is 1. The fourth-order valence-electron chi connectivity index (χ4n) is 2.36. The van der Waals surface area contributed by atoms with E-state index in [1.54, 1.807) is 36.4 Å². The van der Waals surface area contributed by atoms with E-state index in [0.29, 0.717) is 24.0 Å². The molecule has 0 spiro atoms. The number of carbonyl (C=O) groups excluding carboxylic acids is 2. The van der Waals surface area contributed by atoms with E-state index >= 15 is 0 Å². The quantitative estimate of drug-likeness (QED) is 0.918. The van der Waals surface area contributed by atoms with Gasteiger partial charge in [0.15, 0.2) is 11.5 Å². The summed E-state index contributed by atoms with van der Waals surface area (Å²) in [6.45, 7) is 0. The SMILES string of the molecule is O=C(Nc1cc2c(oc1=O)C(=O)CCC2)c1ccccc1. The Hall–Kier alpha value is -2.69. The molecule has 2 aromatic rings. The number of hydrogen-bond donors (Lipinski definition) is 1. The maximum atomic E-state index is 12.0. The van der Waals surface area contributed by atoms with Crippen molar-refractivity contribution < 1.29 is 14.0 Å². The number of benzene rings is 1. The zero-order valence-electron chi connectivity index (χ0n) is 11.2. The molecule has 1 heterocycles. The van der Waals surface area contributed by atoms with Gasteiger partial charge in [0, 0.05) is 17.5 Å². The molecule has 1 aliphatic rings. The van der Waals surface area contributed by atoms with Crippen molar-refractivity contribution in [1.29, 1.82) is 0 Å². The summed E-state index contributed by atoms with van der Waals surface area (Å²) in [6.07, 6.45) is 1.79. The molecule has 0 fully saturated rings. The average Bonchev–Trinajstić information content (AvgIpc) is 2.50. The van der Waals surface area contributed by atoms with Crippen LogP contribution < -0.4 is 10.9 Å². The Kier molecular flexibility index (Phi) is 3.39. The predicted octanol–water partition coefficient (Wildman–Crippen LogP) is 2.41. The number of carbonyl (C=O) groups is 2. The van der Waals surface area contributed by atoms with E-state index in [2.05, 4.69) is 5.32 Å². The van der Waals surface area contributed by atoms with Crippen LogP contribution in [0, 0.1) is 0 Å². The Morgan fingerprint density at radius 2 is 1.86 bits per heavy atom. The van der Waals surface area contributed by atoms with E-state index in [0.717, 1.165) is 6.42 Å². The van der Waals surface area contributed by atoms with Crippen molar-refractivity contribution in [2.75, 3.05) is 5.32 Å². The Morgan fingerprint density at radius 1 is 1.10 bits per heavy atom. The van der Waals surface area contributed by atoms with Crippen LogP contribution in [-0.2, 0) is 6.42 Å². The van der Waals surface area contributed by atoms with Crippen molar-refractivity contribution in [1.82, 2.24) is 0 Å². The summed E-state index contributed by atoms with van der Waals surface area (Å²) in [4.78, 5) is 35.6. The fourth-order valence-corrected chi connectivity index (χ4v) is 2.36. The molecule has 1 N–H and O–H groups in total.